The Bertz CT molecular complexity index is 601. The van der Waals surface area contributed by atoms with Crippen LogP contribution in [0.15, 0.2) is 12.1 Å². The van der Waals surface area contributed by atoms with E-state index in [1.54, 1.807) is 24.8 Å². The average Bonchev–Trinajstić information content (AvgIpc) is 2.94. The van der Waals surface area contributed by atoms with Gasteiger partial charge in [-0.15, -0.1) is 10.2 Å². The maximum atomic E-state index is 12.5. The molecule has 24 heavy (non-hydrogen) atoms. The lowest BCUT2D eigenvalue weighted by atomic mass is 10.1. The molecule has 1 fully saturated rings. The molecular weight excluding hydrogens is 312 g/mol. The monoisotopic (exact) mass is 336 g/mol. The first-order chi connectivity index (χ1) is 11.2. The van der Waals surface area contributed by atoms with Crippen LogP contribution in [0.3, 0.4) is 0 Å². The Balaban J connectivity index is 1.93. The van der Waals surface area contributed by atoms with Crippen molar-refractivity contribution >= 4 is 17.7 Å². The molecule has 1 aromatic heterocycles. The molecule has 2 heterocycles. The summed E-state index contributed by atoms with van der Waals surface area (Å²) in [6, 6.07) is 3.58. The van der Waals surface area contributed by atoms with Crippen molar-refractivity contribution in [1.29, 1.82) is 0 Å². The van der Waals surface area contributed by atoms with Crippen molar-refractivity contribution < 1.29 is 19.1 Å². The zero-order chi connectivity index (χ0) is 17.9. The Morgan fingerprint density at radius 2 is 2.00 bits per heavy atom. The summed E-state index contributed by atoms with van der Waals surface area (Å²) in [7, 11) is 3.77. The minimum Gasteiger partial charge on any atom is -0.471 e. The average molecular weight is 336 g/mol. The number of esters is 1. The number of nitrogens with zero attached hydrogens (tertiary/aromatic N) is 4. The van der Waals surface area contributed by atoms with Crippen molar-refractivity contribution in [3.8, 4) is 5.88 Å². The molecule has 8 heteroatoms. The van der Waals surface area contributed by atoms with E-state index >= 15 is 0 Å². The Labute approximate surface area is 141 Å². The molecule has 0 aromatic carbocycles. The molecule has 1 aliphatic heterocycles. The largest absolute Gasteiger partial charge is 0.471 e. The molecule has 1 atom stereocenters. The SMILES string of the molecule is CC(=O)OC(C)(C)C(=O)N1CCC(Oc2ccc(N(C)C)nn2)C1. The second kappa shape index (κ2) is 7.02. The van der Waals surface area contributed by atoms with E-state index in [4.69, 9.17) is 9.47 Å². The van der Waals surface area contributed by atoms with Gasteiger partial charge in [-0.3, -0.25) is 9.59 Å². The fourth-order valence-corrected chi connectivity index (χ4v) is 2.58. The molecule has 132 valence electrons. The molecule has 1 saturated heterocycles. The van der Waals surface area contributed by atoms with E-state index in [9.17, 15) is 9.59 Å². The van der Waals surface area contributed by atoms with Crippen molar-refractivity contribution in [2.24, 2.45) is 0 Å². The predicted molar refractivity (Wildman–Crippen MR) is 87.8 cm³/mol. The molecule has 0 N–H and O–H groups in total. The predicted octanol–water partition coefficient (Wildman–Crippen LogP) is 0.864. The highest BCUT2D eigenvalue weighted by Crippen LogP contribution is 2.21. The first kappa shape index (κ1) is 18.0. The molecule has 1 unspecified atom stereocenters. The highest BCUT2D eigenvalue weighted by atomic mass is 16.6. The Morgan fingerprint density at radius 1 is 1.29 bits per heavy atom. The van der Waals surface area contributed by atoms with Crippen LogP contribution in [0.1, 0.15) is 27.2 Å². The number of hydrogen-bond donors (Lipinski definition) is 0. The van der Waals surface area contributed by atoms with Crippen LogP contribution in [0.2, 0.25) is 0 Å². The van der Waals surface area contributed by atoms with Gasteiger partial charge in [0, 0.05) is 40.1 Å². The van der Waals surface area contributed by atoms with E-state index < -0.39 is 11.6 Å². The smallest absolute Gasteiger partial charge is 0.303 e. The van der Waals surface area contributed by atoms with Crippen molar-refractivity contribution in [1.82, 2.24) is 15.1 Å². The number of carbonyl (C=O) groups excluding carboxylic acids is 2. The van der Waals surface area contributed by atoms with Gasteiger partial charge in [-0.2, -0.15) is 0 Å². The van der Waals surface area contributed by atoms with Gasteiger partial charge >= 0.3 is 5.97 Å². The minimum atomic E-state index is -1.17. The number of aromatic nitrogens is 2. The fourth-order valence-electron chi connectivity index (χ4n) is 2.58. The Morgan fingerprint density at radius 3 is 2.54 bits per heavy atom. The van der Waals surface area contributed by atoms with Crippen LogP contribution in [-0.4, -0.2) is 65.9 Å². The fraction of sp³-hybridized carbons (Fsp3) is 0.625. The third-order valence-electron chi connectivity index (χ3n) is 3.72. The molecule has 0 radical (unpaired) electrons. The summed E-state index contributed by atoms with van der Waals surface area (Å²) in [5.41, 5.74) is -1.17. The normalized spacial score (nSPS) is 17.5. The molecule has 1 aliphatic rings. The van der Waals surface area contributed by atoms with Crippen molar-refractivity contribution in [2.45, 2.75) is 38.9 Å². The first-order valence-corrected chi connectivity index (χ1v) is 7.85. The van der Waals surface area contributed by atoms with Gasteiger partial charge in [0.15, 0.2) is 11.4 Å². The number of ether oxygens (including phenoxy) is 2. The van der Waals surface area contributed by atoms with Crippen LogP contribution < -0.4 is 9.64 Å². The van der Waals surface area contributed by atoms with Gasteiger partial charge in [0.25, 0.3) is 5.91 Å². The molecule has 1 aromatic rings. The highest BCUT2D eigenvalue weighted by Gasteiger charge is 2.39. The molecular formula is C16H24N4O4. The standard InChI is InChI=1S/C16H24N4O4/c1-11(21)24-16(2,3)15(22)20-9-8-12(10-20)23-14-7-6-13(17-18-14)19(4)5/h6-7,12H,8-10H2,1-5H3. The van der Waals surface area contributed by atoms with Gasteiger partial charge in [0.2, 0.25) is 5.88 Å². The van der Waals surface area contributed by atoms with Crippen LogP contribution in [-0.2, 0) is 14.3 Å². The summed E-state index contributed by atoms with van der Waals surface area (Å²) < 4.78 is 10.9. The van der Waals surface area contributed by atoms with Crippen molar-refractivity contribution in [2.75, 3.05) is 32.1 Å². The second-order valence-corrected chi connectivity index (χ2v) is 6.51. The van der Waals surface area contributed by atoms with Gasteiger partial charge in [0.1, 0.15) is 6.10 Å². The maximum absolute atomic E-state index is 12.5. The third kappa shape index (κ3) is 4.33. The van der Waals surface area contributed by atoms with E-state index in [-0.39, 0.29) is 12.0 Å². The topological polar surface area (TPSA) is 84.9 Å². The summed E-state index contributed by atoms with van der Waals surface area (Å²) >= 11 is 0. The minimum absolute atomic E-state index is 0.151. The van der Waals surface area contributed by atoms with E-state index in [1.807, 2.05) is 25.1 Å². The molecule has 0 aliphatic carbocycles. The van der Waals surface area contributed by atoms with E-state index in [0.29, 0.717) is 25.4 Å². The van der Waals surface area contributed by atoms with Crippen molar-refractivity contribution in [3.05, 3.63) is 12.1 Å². The quantitative estimate of drug-likeness (QED) is 0.737. The number of anilines is 1. The lowest BCUT2D eigenvalue weighted by Gasteiger charge is -2.28. The molecule has 2 rings (SSSR count). The molecule has 0 saturated carbocycles. The van der Waals surface area contributed by atoms with E-state index in [2.05, 4.69) is 10.2 Å². The van der Waals surface area contributed by atoms with Crippen molar-refractivity contribution in [3.63, 3.8) is 0 Å². The number of amides is 1. The summed E-state index contributed by atoms with van der Waals surface area (Å²) in [4.78, 5) is 27.1. The summed E-state index contributed by atoms with van der Waals surface area (Å²) in [5.74, 6) is 0.474. The first-order valence-electron chi connectivity index (χ1n) is 7.85. The van der Waals surface area contributed by atoms with Crippen LogP contribution in [0.25, 0.3) is 0 Å². The number of carbonyl (C=O) groups is 2. The lowest BCUT2D eigenvalue weighted by Crippen LogP contribution is -2.47. The van der Waals surface area contributed by atoms with Gasteiger partial charge in [0.05, 0.1) is 6.54 Å². The van der Waals surface area contributed by atoms with Gasteiger partial charge < -0.3 is 19.3 Å². The zero-order valence-electron chi connectivity index (χ0n) is 14.8. The lowest BCUT2D eigenvalue weighted by molar-refractivity contribution is -0.168. The maximum Gasteiger partial charge on any atom is 0.303 e. The molecule has 0 spiro atoms. The van der Waals surface area contributed by atoms with Crippen LogP contribution in [0.5, 0.6) is 5.88 Å². The number of likely N-dealkylation sites (tertiary alicyclic amines) is 1. The van der Waals surface area contributed by atoms with Crippen LogP contribution >= 0.6 is 0 Å². The Hall–Kier alpha value is -2.38. The molecule has 1 amide bonds. The van der Waals surface area contributed by atoms with Crippen LogP contribution in [0.4, 0.5) is 5.82 Å². The summed E-state index contributed by atoms with van der Waals surface area (Å²) in [6.07, 6.45) is 0.542. The zero-order valence-corrected chi connectivity index (χ0v) is 14.8. The van der Waals surface area contributed by atoms with Gasteiger partial charge in [-0.25, -0.2) is 0 Å². The van der Waals surface area contributed by atoms with E-state index in [1.165, 1.54) is 6.92 Å². The summed E-state index contributed by atoms with van der Waals surface area (Å²) in [6.45, 7) is 5.46. The molecule has 8 nitrogen and oxygen atoms in total. The second-order valence-electron chi connectivity index (χ2n) is 6.51. The highest BCUT2D eigenvalue weighted by molar-refractivity contribution is 5.87. The number of rotatable bonds is 5. The van der Waals surface area contributed by atoms with Crippen LogP contribution in [0, 0.1) is 0 Å². The molecule has 0 bridgehead atoms. The van der Waals surface area contributed by atoms with Gasteiger partial charge in [-0.05, 0) is 19.9 Å². The van der Waals surface area contributed by atoms with E-state index in [0.717, 1.165) is 5.82 Å². The number of hydrogen-bond acceptors (Lipinski definition) is 7. The van der Waals surface area contributed by atoms with Gasteiger partial charge in [-0.1, -0.05) is 0 Å². The summed E-state index contributed by atoms with van der Waals surface area (Å²) in [5, 5.41) is 8.09. The Kier molecular flexibility index (Phi) is 5.26. The third-order valence-corrected chi connectivity index (χ3v) is 3.72.